The van der Waals surface area contributed by atoms with E-state index in [0.29, 0.717) is 5.56 Å². The lowest BCUT2D eigenvalue weighted by Crippen LogP contribution is -2.52. The first kappa shape index (κ1) is 19.7. The summed E-state index contributed by atoms with van der Waals surface area (Å²) in [7, 11) is 3.22. The summed E-state index contributed by atoms with van der Waals surface area (Å²) < 4.78 is 4.73. The first-order chi connectivity index (χ1) is 13.7. The number of anilines is 1. The van der Waals surface area contributed by atoms with Gasteiger partial charge in [-0.1, -0.05) is 30.3 Å². The van der Waals surface area contributed by atoms with Gasteiger partial charge in [-0.2, -0.15) is 0 Å². The van der Waals surface area contributed by atoms with Crippen LogP contribution in [0.1, 0.15) is 15.9 Å². The van der Waals surface area contributed by atoms with Gasteiger partial charge in [-0.15, -0.1) is 0 Å². The Hall–Kier alpha value is -3.02. The predicted molar refractivity (Wildman–Crippen MR) is 113 cm³/mol. The van der Waals surface area contributed by atoms with Crippen LogP contribution in [0, 0.1) is 0 Å². The lowest BCUT2D eigenvalue weighted by molar-refractivity contribution is 0.0600. The van der Waals surface area contributed by atoms with E-state index in [2.05, 4.69) is 50.4 Å². The molecule has 2 aromatic carbocycles. The van der Waals surface area contributed by atoms with Crippen molar-refractivity contribution >= 4 is 17.6 Å². The highest BCUT2D eigenvalue weighted by Crippen LogP contribution is 2.15. The van der Waals surface area contributed by atoms with E-state index in [1.54, 1.807) is 12.1 Å². The molecule has 0 atom stereocenters. The fraction of sp³-hybridized carbons (Fsp3) is 0.364. The van der Waals surface area contributed by atoms with Gasteiger partial charge in [0.1, 0.15) is 0 Å². The molecule has 0 unspecified atom stereocenters. The molecule has 1 aliphatic heterocycles. The third-order valence-corrected chi connectivity index (χ3v) is 4.98. The normalized spacial score (nSPS) is 14.7. The summed E-state index contributed by atoms with van der Waals surface area (Å²) in [5, 5.41) is 3.46. The van der Waals surface area contributed by atoms with E-state index >= 15 is 0 Å². The Morgan fingerprint density at radius 1 is 1.04 bits per heavy atom. The van der Waals surface area contributed by atoms with Crippen molar-refractivity contribution in [3.05, 3.63) is 65.7 Å². The molecule has 1 fully saturated rings. The predicted octanol–water partition coefficient (Wildman–Crippen LogP) is 2.41. The number of guanidine groups is 1. The minimum atomic E-state index is -0.306. The van der Waals surface area contributed by atoms with Crippen LogP contribution < -0.4 is 10.2 Å². The zero-order chi connectivity index (χ0) is 19.8. The van der Waals surface area contributed by atoms with E-state index in [9.17, 15) is 4.79 Å². The second-order valence-electron chi connectivity index (χ2n) is 6.72. The summed E-state index contributed by atoms with van der Waals surface area (Å²) in [6.07, 6.45) is 0.866. The number of para-hydroxylation sites is 1. The quantitative estimate of drug-likeness (QED) is 0.490. The molecule has 0 spiro atoms. The Morgan fingerprint density at radius 3 is 2.32 bits per heavy atom. The van der Waals surface area contributed by atoms with Crippen LogP contribution in [0.15, 0.2) is 59.6 Å². The van der Waals surface area contributed by atoms with Crippen LogP contribution in [-0.2, 0) is 11.2 Å². The van der Waals surface area contributed by atoms with Gasteiger partial charge in [-0.3, -0.25) is 4.99 Å². The Kier molecular flexibility index (Phi) is 6.89. The Morgan fingerprint density at radius 2 is 1.71 bits per heavy atom. The minimum Gasteiger partial charge on any atom is -0.465 e. The van der Waals surface area contributed by atoms with Crippen LogP contribution >= 0.6 is 0 Å². The molecule has 0 radical (unpaired) electrons. The van der Waals surface area contributed by atoms with Crippen molar-refractivity contribution in [3.8, 4) is 0 Å². The molecule has 1 heterocycles. The molecule has 6 nitrogen and oxygen atoms in total. The highest BCUT2D eigenvalue weighted by Gasteiger charge is 2.19. The third-order valence-electron chi connectivity index (χ3n) is 4.98. The lowest BCUT2D eigenvalue weighted by atomic mass is 10.1. The maximum absolute atomic E-state index is 11.5. The molecule has 3 rings (SSSR count). The van der Waals surface area contributed by atoms with Gasteiger partial charge in [-0.25, -0.2) is 4.79 Å². The zero-order valence-electron chi connectivity index (χ0n) is 16.6. The minimum absolute atomic E-state index is 0.306. The van der Waals surface area contributed by atoms with E-state index in [1.807, 2.05) is 19.2 Å². The topological polar surface area (TPSA) is 57.2 Å². The molecule has 2 aromatic rings. The number of carbonyl (C=O) groups is 1. The summed E-state index contributed by atoms with van der Waals surface area (Å²) in [5.41, 5.74) is 3.02. The van der Waals surface area contributed by atoms with Gasteiger partial charge < -0.3 is 19.9 Å². The van der Waals surface area contributed by atoms with Crippen molar-refractivity contribution in [2.24, 2.45) is 4.99 Å². The van der Waals surface area contributed by atoms with Crippen LogP contribution in [0.25, 0.3) is 0 Å². The SMILES string of the molecule is CN=C(NCCc1ccc(C(=O)OC)cc1)N1CCN(c2ccccc2)CC1. The van der Waals surface area contributed by atoms with Gasteiger partial charge in [0.25, 0.3) is 0 Å². The number of hydrogen-bond donors (Lipinski definition) is 1. The molecule has 0 saturated carbocycles. The van der Waals surface area contributed by atoms with Gasteiger partial charge in [0.05, 0.1) is 12.7 Å². The van der Waals surface area contributed by atoms with Gasteiger partial charge in [-0.05, 0) is 36.2 Å². The van der Waals surface area contributed by atoms with Crippen molar-refractivity contribution in [3.63, 3.8) is 0 Å². The summed E-state index contributed by atoms with van der Waals surface area (Å²) in [6.45, 7) is 4.66. The standard InChI is InChI=1S/C22H28N4O2/c1-23-22(24-13-12-18-8-10-19(11-9-18)21(27)28-2)26-16-14-25(15-17-26)20-6-4-3-5-7-20/h3-11H,12-17H2,1-2H3,(H,23,24). The number of carbonyl (C=O) groups excluding carboxylic acids is 1. The Bertz CT molecular complexity index is 782. The van der Waals surface area contributed by atoms with Crippen LogP contribution in [0.4, 0.5) is 5.69 Å². The van der Waals surface area contributed by atoms with Crippen LogP contribution in [-0.4, -0.2) is 63.7 Å². The molecule has 6 heteroatoms. The number of piperazine rings is 1. The molecule has 1 N–H and O–H groups in total. The van der Waals surface area contributed by atoms with Crippen molar-refractivity contribution in [2.45, 2.75) is 6.42 Å². The fourth-order valence-corrected chi connectivity index (χ4v) is 3.39. The first-order valence-electron chi connectivity index (χ1n) is 9.64. The smallest absolute Gasteiger partial charge is 0.337 e. The van der Waals surface area contributed by atoms with E-state index in [0.717, 1.165) is 45.1 Å². The largest absolute Gasteiger partial charge is 0.465 e. The number of aliphatic imine (C=N–C) groups is 1. The maximum atomic E-state index is 11.5. The van der Waals surface area contributed by atoms with Crippen molar-refractivity contribution < 1.29 is 9.53 Å². The summed E-state index contributed by atoms with van der Waals surface area (Å²) >= 11 is 0. The summed E-state index contributed by atoms with van der Waals surface area (Å²) in [5.74, 6) is 0.638. The lowest BCUT2D eigenvalue weighted by Gasteiger charge is -2.37. The van der Waals surface area contributed by atoms with E-state index in [1.165, 1.54) is 18.4 Å². The molecule has 0 amide bonds. The third kappa shape index (κ3) is 5.03. The number of nitrogens with one attached hydrogen (secondary N) is 1. The molecule has 148 valence electrons. The van der Waals surface area contributed by atoms with Crippen molar-refractivity contribution in [1.29, 1.82) is 0 Å². The summed E-state index contributed by atoms with van der Waals surface area (Å²) in [4.78, 5) is 20.7. The maximum Gasteiger partial charge on any atom is 0.337 e. The number of rotatable bonds is 5. The monoisotopic (exact) mass is 380 g/mol. The molecule has 0 bridgehead atoms. The number of ether oxygens (including phenoxy) is 1. The molecule has 28 heavy (non-hydrogen) atoms. The van der Waals surface area contributed by atoms with Crippen LogP contribution in [0.5, 0.6) is 0 Å². The average Bonchev–Trinajstić information content (AvgIpc) is 2.77. The molecular weight excluding hydrogens is 352 g/mol. The number of esters is 1. The Balaban J connectivity index is 1.46. The molecule has 0 aliphatic carbocycles. The van der Waals surface area contributed by atoms with Crippen LogP contribution in [0.2, 0.25) is 0 Å². The Labute approximate surface area is 166 Å². The van der Waals surface area contributed by atoms with Gasteiger partial charge in [0.2, 0.25) is 0 Å². The van der Waals surface area contributed by atoms with Gasteiger partial charge in [0.15, 0.2) is 5.96 Å². The molecule has 1 saturated heterocycles. The van der Waals surface area contributed by atoms with Crippen LogP contribution in [0.3, 0.4) is 0 Å². The van der Waals surface area contributed by atoms with Crippen molar-refractivity contribution in [1.82, 2.24) is 10.2 Å². The molecule has 0 aromatic heterocycles. The van der Waals surface area contributed by atoms with E-state index in [4.69, 9.17) is 4.74 Å². The first-order valence-corrected chi connectivity index (χ1v) is 9.64. The summed E-state index contributed by atoms with van der Waals surface area (Å²) in [6, 6.07) is 18.1. The van der Waals surface area contributed by atoms with Gasteiger partial charge in [0, 0.05) is 45.5 Å². The number of benzene rings is 2. The van der Waals surface area contributed by atoms with E-state index < -0.39 is 0 Å². The molecular formula is C22H28N4O2. The highest BCUT2D eigenvalue weighted by molar-refractivity contribution is 5.89. The fourth-order valence-electron chi connectivity index (χ4n) is 3.39. The number of methoxy groups -OCH3 is 1. The zero-order valence-corrected chi connectivity index (χ0v) is 16.6. The second kappa shape index (κ2) is 9.78. The number of nitrogens with zero attached hydrogens (tertiary/aromatic N) is 3. The molecule has 1 aliphatic rings. The average molecular weight is 380 g/mol. The number of hydrogen-bond acceptors (Lipinski definition) is 4. The second-order valence-corrected chi connectivity index (χ2v) is 6.72. The van der Waals surface area contributed by atoms with E-state index in [-0.39, 0.29) is 5.97 Å². The van der Waals surface area contributed by atoms with Gasteiger partial charge >= 0.3 is 5.97 Å². The highest BCUT2D eigenvalue weighted by atomic mass is 16.5. The van der Waals surface area contributed by atoms with Crippen molar-refractivity contribution in [2.75, 3.05) is 51.8 Å².